The van der Waals surface area contributed by atoms with Crippen molar-refractivity contribution in [1.82, 2.24) is 20.2 Å². The second-order valence-electron chi connectivity index (χ2n) is 6.69. The van der Waals surface area contributed by atoms with Crippen molar-refractivity contribution in [2.75, 3.05) is 11.0 Å². The summed E-state index contributed by atoms with van der Waals surface area (Å²) >= 11 is 1.27. The van der Waals surface area contributed by atoms with Crippen molar-refractivity contribution in [3.8, 4) is 5.69 Å². The van der Waals surface area contributed by atoms with Gasteiger partial charge in [-0.15, -0.1) is 5.10 Å². The molecule has 0 spiro atoms. The number of Topliss-reactive ketones (excluding diaryl/α,β-unsaturated/α-hetero) is 1. The van der Waals surface area contributed by atoms with Gasteiger partial charge >= 0.3 is 0 Å². The zero-order valence-corrected chi connectivity index (χ0v) is 18.1. The molecule has 1 atom stereocenters. The Balaban J connectivity index is 1.79. The Bertz CT molecular complexity index is 1120. The third kappa shape index (κ3) is 5.01. The Morgan fingerprint density at radius 2 is 1.72 bits per heavy atom. The summed E-state index contributed by atoms with van der Waals surface area (Å²) in [6.07, 6.45) is 1.07. The average molecular weight is 432 g/mol. The van der Waals surface area contributed by atoms with Crippen molar-refractivity contribution in [2.45, 2.75) is 31.2 Å². The van der Waals surface area contributed by atoms with E-state index in [1.54, 1.807) is 35.9 Å². The highest BCUT2D eigenvalue weighted by Gasteiger charge is 2.21. The van der Waals surface area contributed by atoms with Gasteiger partial charge in [0.1, 0.15) is 0 Å². The van der Waals surface area contributed by atoms with E-state index < -0.39 is 15.3 Å². The molecule has 0 saturated heterocycles. The predicted molar refractivity (Wildman–Crippen MR) is 113 cm³/mol. The maximum atomic E-state index is 12.8. The highest BCUT2D eigenvalue weighted by Crippen LogP contribution is 2.28. The van der Waals surface area contributed by atoms with Gasteiger partial charge in [0.2, 0.25) is 15.2 Å². The van der Waals surface area contributed by atoms with E-state index in [9.17, 15) is 13.2 Å². The van der Waals surface area contributed by atoms with Gasteiger partial charge in [0.25, 0.3) is 0 Å². The highest BCUT2D eigenvalue weighted by molar-refractivity contribution is 8.00. The molecule has 29 heavy (non-hydrogen) atoms. The van der Waals surface area contributed by atoms with Crippen LogP contribution in [0.25, 0.3) is 5.69 Å². The van der Waals surface area contributed by atoms with E-state index in [0.717, 1.165) is 23.1 Å². The molecule has 0 aliphatic carbocycles. The number of aromatic nitrogens is 4. The number of carbonyl (C=O) groups excluding carboxylic acids is 1. The molecule has 0 bridgehead atoms. The lowest BCUT2D eigenvalue weighted by molar-refractivity contribution is 0.0994. The van der Waals surface area contributed by atoms with Crippen LogP contribution in [0, 0.1) is 13.8 Å². The Labute approximate surface area is 173 Å². The number of nitrogens with zero attached hydrogens (tertiary/aromatic N) is 4. The van der Waals surface area contributed by atoms with E-state index in [-0.39, 0.29) is 5.78 Å². The number of rotatable bonds is 7. The first kappa shape index (κ1) is 21.0. The summed E-state index contributed by atoms with van der Waals surface area (Å²) in [7, 11) is -3.36. The molecular weight excluding hydrogens is 410 g/mol. The number of sulfonamides is 1. The van der Waals surface area contributed by atoms with Crippen LogP contribution in [0.4, 0.5) is 5.69 Å². The van der Waals surface area contributed by atoms with Gasteiger partial charge in [0.15, 0.2) is 5.78 Å². The Morgan fingerprint density at radius 3 is 2.31 bits per heavy atom. The Kier molecular flexibility index (Phi) is 6.04. The first-order chi connectivity index (χ1) is 13.7. The molecular formula is C19H21N5O3S2. The molecule has 1 aromatic heterocycles. The van der Waals surface area contributed by atoms with Gasteiger partial charge in [-0.2, -0.15) is 4.68 Å². The van der Waals surface area contributed by atoms with Crippen molar-refractivity contribution in [1.29, 1.82) is 0 Å². The Hall–Kier alpha value is -2.72. The second-order valence-corrected chi connectivity index (χ2v) is 9.75. The van der Waals surface area contributed by atoms with Crippen molar-refractivity contribution >= 4 is 33.3 Å². The number of benzene rings is 2. The van der Waals surface area contributed by atoms with Gasteiger partial charge < -0.3 is 0 Å². The molecule has 0 fully saturated rings. The lowest BCUT2D eigenvalue weighted by atomic mass is 10.1. The van der Waals surface area contributed by atoms with E-state index in [4.69, 9.17) is 0 Å². The van der Waals surface area contributed by atoms with Crippen molar-refractivity contribution in [3.63, 3.8) is 0 Å². The van der Waals surface area contributed by atoms with E-state index >= 15 is 0 Å². The van der Waals surface area contributed by atoms with Crippen LogP contribution in [0.3, 0.4) is 0 Å². The minimum absolute atomic E-state index is 0.100. The quantitative estimate of drug-likeness (QED) is 0.453. The van der Waals surface area contributed by atoms with Gasteiger partial charge in [-0.3, -0.25) is 9.52 Å². The van der Waals surface area contributed by atoms with Crippen molar-refractivity contribution in [3.05, 3.63) is 59.2 Å². The summed E-state index contributed by atoms with van der Waals surface area (Å²) in [5.41, 5.74) is 3.86. The SMILES string of the molecule is Cc1cccc(C)c1-n1nnnc1SC(C)C(=O)c1ccc(NS(C)(=O)=O)cc1. The smallest absolute Gasteiger partial charge is 0.229 e. The van der Waals surface area contributed by atoms with Gasteiger partial charge in [-0.25, -0.2) is 8.42 Å². The number of aryl methyl sites for hydroxylation is 2. The molecule has 8 nitrogen and oxygen atoms in total. The second kappa shape index (κ2) is 8.34. The van der Waals surface area contributed by atoms with Crippen LogP contribution in [0.15, 0.2) is 47.6 Å². The van der Waals surface area contributed by atoms with E-state index in [2.05, 4.69) is 20.2 Å². The minimum atomic E-state index is -3.36. The average Bonchev–Trinajstić information content (AvgIpc) is 3.08. The zero-order valence-electron chi connectivity index (χ0n) is 16.4. The van der Waals surface area contributed by atoms with Gasteiger partial charge in [-0.1, -0.05) is 30.0 Å². The number of thioether (sulfide) groups is 1. The molecule has 1 N–H and O–H groups in total. The van der Waals surface area contributed by atoms with Crippen LogP contribution in [0.1, 0.15) is 28.4 Å². The van der Waals surface area contributed by atoms with Crippen LogP contribution in [-0.4, -0.2) is 45.9 Å². The molecule has 0 aliphatic heterocycles. The Morgan fingerprint density at radius 1 is 1.10 bits per heavy atom. The molecule has 1 heterocycles. The summed E-state index contributed by atoms with van der Waals surface area (Å²) in [5, 5.41) is 12.0. The van der Waals surface area contributed by atoms with Crippen LogP contribution >= 0.6 is 11.8 Å². The molecule has 3 aromatic rings. The fraction of sp³-hybridized carbons (Fsp3) is 0.263. The highest BCUT2D eigenvalue weighted by atomic mass is 32.2. The normalized spacial score (nSPS) is 12.6. The third-order valence-corrected chi connectivity index (χ3v) is 5.86. The fourth-order valence-corrected chi connectivity index (χ4v) is 4.33. The molecule has 0 amide bonds. The summed E-state index contributed by atoms with van der Waals surface area (Å²) in [4.78, 5) is 12.8. The molecule has 1 unspecified atom stereocenters. The fourth-order valence-electron chi connectivity index (χ4n) is 2.90. The van der Waals surface area contributed by atoms with Crippen LogP contribution in [0.5, 0.6) is 0 Å². The molecule has 2 aromatic carbocycles. The van der Waals surface area contributed by atoms with Crippen LogP contribution in [0.2, 0.25) is 0 Å². The summed E-state index contributed by atoms with van der Waals surface area (Å²) in [5.74, 6) is -0.100. The van der Waals surface area contributed by atoms with E-state index in [0.29, 0.717) is 16.4 Å². The maximum absolute atomic E-state index is 12.8. The number of ketones is 1. The third-order valence-electron chi connectivity index (χ3n) is 4.22. The first-order valence-corrected chi connectivity index (χ1v) is 11.6. The first-order valence-electron chi connectivity index (χ1n) is 8.79. The van der Waals surface area contributed by atoms with Crippen molar-refractivity contribution in [2.24, 2.45) is 0 Å². The number of hydrogen-bond donors (Lipinski definition) is 1. The lowest BCUT2D eigenvalue weighted by Crippen LogP contribution is -2.15. The number of tetrazole rings is 1. The van der Waals surface area contributed by atoms with E-state index in [1.807, 2.05) is 32.0 Å². The van der Waals surface area contributed by atoms with Crippen LogP contribution < -0.4 is 4.72 Å². The zero-order chi connectivity index (χ0) is 21.2. The molecule has 0 radical (unpaired) electrons. The van der Waals surface area contributed by atoms with Gasteiger partial charge in [0, 0.05) is 11.3 Å². The van der Waals surface area contributed by atoms with Gasteiger partial charge in [0.05, 0.1) is 17.2 Å². The monoisotopic (exact) mass is 431 g/mol. The predicted octanol–water partition coefficient (Wildman–Crippen LogP) is 3.01. The number of hydrogen-bond acceptors (Lipinski definition) is 7. The van der Waals surface area contributed by atoms with Crippen LogP contribution in [-0.2, 0) is 10.0 Å². The minimum Gasteiger partial charge on any atom is -0.293 e. The van der Waals surface area contributed by atoms with E-state index in [1.165, 1.54) is 11.8 Å². The molecule has 0 aliphatic rings. The summed E-state index contributed by atoms with van der Waals surface area (Å²) < 4.78 is 26.6. The molecule has 0 saturated carbocycles. The topological polar surface area (TPSA) is 107 Å². The number of anilines is 1. The number of carbonyl (C=O) groups is 1. The number of nitrogens with one attached hydrogen (secondary N) is 1. The maximum Gasteiger partial charge on any atom is 0.229 e. The number of para-hydroxylation sites is 1. The standard InChI is InChI=1S/C19H21N5O3S2/c1-12-6-5-7-13(2)17(12)24-19(20-22-23-24)28-14(3)18(25)15-8-10-16(11-9-15)21-29(4,26)27/h5-11,14,21H,1-4H3. The lowest BCUT2D eigenvalue weighted by Gasteiger charge is -2.13. The molecule has 152 valence electrons. The molecule has 3 rings (SSSR count). The van der Waals surface area contributed by atoms with Crippen molar-refractivity contribution < 1.29 is 13.2 Å². The summed E-state index contributed by atoms with van der Waals surface area (Å²) in [6.45, 7) is 5.76. The largest absolute Gasteiger partial charge is 0.293 e. The van der Waals surface area contributed by atoms with Gasteiger partial charge in [-0.05, 0) is 66.6 Å². The summed E-state index contributed by atoms with van der Waals surface area (Å²) in [6, 6.07) is 12.3. The molecule has 10 heteroatoms.